The molecule has 2 fully saturated rings. The minimum Gasteiger partial charge on any atom is -0.459 e. The van der Waals surface area contributed by atoms with E-state index in [-0.39, 0.29) is 18.3 Å². The Morgan fingerprint density at radius 3 is 2.41 bits per heavy atom. The van der Waals surface area contributed by atoms with E-state index in [4.69, 9.17) is 29.5 Å². The Hall–Kier alpha value is -4.30. The number of esters is 3. The first kappa shape index (κ1) is 25.8. The van der Waals surface area contributed by atoms with E-state index >= 15 is 0 Å². The predicted octanol–water partition coefficient (Wildman–Crippen LogP) is -0.312. The Kier molecular flexibility index (Phi) is 7.50. The summed E-state index contributed by atoms with van der Waals surface area (Å²) < 4.78 is 22.4. The molecule has 1 aromatic carbocycles. The monoisotopic (exact) mass is 516 g/mol. The second-order valence-corrected chi connectivity index (χ2v) is 8.57. The zero-order valence-corrected chi connectivity index (χ0v) is 19.8. The van der Waals surface area contributed by atoms with Gasteiger partial charge in [0.15, 0.2) is 24.3 Å². The van der Waals surface area contributed by atoms with Crippen LogP contribution in [0.25, 0.3) is 0 Å². The van der Waals surface area contributed by atoms with Gasteiger partial charge in [0.2, 0.25) is 0 Å². The van der Waals surface area contributed by atoms with E-state index in [1.165, 1.54) is 12.3 Å². The van der Waals surface area contributed by atoms with Crippen LogP contribution in [0.5, 0.6) is 0 Å². The maximum Gasteiger partial charge on any atom is 0.418 e. The first-order chi connectivity index (χ1) is 17.7. The fraction of sp³-hybridized carbons (Fsp3) is 0.391. The van der Waals surface area contributed by atoms with E-state index in [1.54, 1.807) is 44.2 Å². The number of nitrogens with one attached hydrogen (secondary N) is 1. The van der Waals surface area contributed by atoms with Crippen molar-refractivity contribution in [2.45, 2.75) is 44.4 Å². The minimum absolute atomic E-state index is 0.0967. The first-order valence-electron chi connectivity index (χ1n) is 11.3. The Labute approximate surface area is 209 Å². The topological polar surface area (TPSA) is 187 Å². The molecule has 3 heterocycles. The van der Waals surface area contributed by atoms with Gasteiger partial charge in [0, 0.05) is 12.3 Å². The molecule has 2 aliphatic heterocycles. The lowest BCUT2D eigenvalue weighted by Gasteiger charge is -2.28. The van der Waals surface area contributed by atoms with Gasteiger partial charge < -0.3 is 29.5 Å². The molecule has 3 N–H and O–H groups in total. The van der Waals surface area contributed by atoms with Crippen LogP contribution in [0, 0.1) is 5.92 Å². The van der Waals surface area contributed by atoms with Crippen LogP contribution in [0.4, 0.5) is 5.82 Å². The quantitative estimate of drug-likeness (QED) is 0.201. The van der Waals surface area contributed by atoms with Crippen molar-refractivity contribution in [2.75, 3.05) is 12.1 Å². The van der Waals surface area contributed by atoms with Gasteiger partial charge in [-0.15, -0.1) is 0 Å². The lowest BCUT2D eigenvalue weighted by molar-refractivity contribution is -0.195. The number of anilines is 1. The summed E-state index contributed by atoms with van der Waals surface area (Å²) in [5.41, 5.74) is 7.39. The SMILES string of the molecule is CC(C)[C@@H](N)C(=O)ONc1ccn([C@@H]2O[C@H](COC(=O)c3ccccc3)C3OC(=O)C(=O)OC32)c(=O)n1. The van der Waals surface area contributed by atoms with Crippen LogP contribution in [0.3, 0.4) is 0 Å². The van der Waals surface area contributed by atoms with E-state index in [0.717, 1.165) is 4.57 Å². The zero-order valence-electron chi connectivity index (χ0n) is 19.8. The zero-order chi connectivity index (χ0) is 26.7. The molecule has 0 amide bonds. The van der Waals surface area contributed by atoms with Gasteiger partial charge in [0.1, 0.15) is 18.8 Å². The Morgan fingerprint density at radius 2 is 1.76 bits per heavy atom. The molecule has 4 rings (SSSR count). The molecule has 0 radical (unpaired) electrons. The maximum atomic E-state index is 12.7. The summed E-state index contributed by atoms with van der Waals surface area (Å²) in [6.07, 6.45) is -3.43. The van der Waals surface area contributed by atoms with E-state index in [2.05, 4.69) is 10.5 Å². The largest absolute Gasteiger partial charge is 0.459 e. The molecule has 0 spiro atoms. The number of nitrogens with two attached hydrogens (primary N) is 1. The van der Waals surface area contributed by atoms with Crippen molar-refractivity contribution >= 4 is 29.7 Å². The lowest BCUT2D eigenvalue weighted by Crippen LogP contribution is -2.48. The lowest BCUT2D eigenvalue weighted by atomic mass is 10.1. The summed E-state index contributed by atoms with van der Waals surface area (Å²) in [4.78, 5) is 69.2. The van der Waals surface area contributed by atoms with Gasteiger partial charge in [-0.1, -0.05) is 32.0 Å². The minimum atomic E-state index is -1.26. The molecule has 5 atom stereocenters. The van der Waals surface area contributed by atoms with Gasteiger partial charge >= 0.3 is 29.6 Å². The van der Waals surface area contributed by atoms with Crippen molar-refractivity contribution in [1.82, 2.24) is 9.55 Å². The van der Waals surface area contributed by atoms with Crippen LogP contribution < -0.4 is 16.9 Å². The molecular formula is C23H24N4O10. The molecule has 0 aliphatic carbocycles. The standard InChI is InChI=1S/C23H24N4O10/c1-11(2)15(24)20(29)37-26-14-8-9-27(23(32)25-14)18-17-16(35-21(30)22(31)36-17)13(34-18)10-33-19(28)12-6-4-3-5-7-12/h3-9,11,13,15-18H,10,24H2,1-2H3,(H,25,26,32)/t13-,15-,16?,17?,18-/m1/s1. The molecule has 37 heavy (non-hydrogen) atoms. The number of hydrogen-bond donors (Lipinski definition) is 2. The highest BCUT2D eigenvalue weighted by molar-refractivity contribution is 6.30. The highest BCUT2D eigenvalue weighted by Crippen LogP contribution is 2.35. The number of hydrogen-bond acceptors (Lipinski definition) is 13. The van der Waals surface area contributed by atoms with Crippen molar-refractivity contribution in [1.29, 1.82) is 0 Å². The Balaban J connectivity index is 1.48. The fourth-order valence-corrected chi connectivity index (χ4v) is 3.60. The molecule has 2 unspecified atom stereocenters. The van der Waals surface area contributed by atoms with Gasteiger partial charge in [-0.25, -0.2) is 29.5 Å². The molecule has 2 aliphatic rings. The van der Waals surface area contributed by atoms with Crippen molar-refractivity contribution in [2.24, 2.45) is 11.7 Å². The number of fused-ring (bicyclic) bond motifs is 1. The summed E-state index contributed by atoms with van der Waals surface area (Å²) in [5.74, 6) is -4.16. The summed E-state index contributed by atoms with van der Waals surface area (Å²) >= 11 is 0. The number of benzene rings is 1. The van der Waals surface area contributed by atoms with E-state index in [9.17, 15) is 24.0 Å². The highest BCUT2D eigenvalue weighted by Gasteiger charge is 2.55. The molecule has 14 heteroatoms. The summed E-state index contributed by atoms with van der Waals surface area (Å²) in [6, 6.07) is 8.59. The molecule has 2 saturated heterocycles. The fourth-order valence-electron chi connectivity index (χ4n) is 3.60. The van der Waals surface area contributed by atoms with Gasteiger partial charge in [-0.3, -0.25) is 4.57 Å². The third kappa shape index (κ3) is 5.59. The molecule has 1 aromatic heterocycles. The number of nitrogens with zero attached hydrogens (tertiary/aromatic N) is 2. The second kappa shape index (κ2) is 10.8. The van der Waals surface area contributed by atoms with Crippen molar-refractivity contribution in [3.05, 3.63) is 58.6 Å². The Morgan fingerprint density at radius 1 is 1.08 bits per heavy atom. The molecule has 2 aromatic rings. The van der Waals surface area contributed by atoms with Crippen molar-refractivity contribution < 1.29 is 43.0 Å². The van der Waals surface area contributed by atoms with E-state index < -0.39 is 60.1 Å². The van der Waals surface area contributed by atoms with Crippen molar-refractivity contribution in [3.63, 3.8) is 0 Å². The molecular weight excluding hydrogens is 492 g/mol. The van der Waals surface area contributed by atoms with Crippen LogP contribution in [-0.4, -0.2) is 64.4 Å². The molecule has 0 saturated carbocycles. The smallest absolute Gasteiger partial charge is 0.418 e. The number of carbonyl (C=O) groups excluding carboxylic acids is 4. The first-order valence-corrected chi connectivity index (χ1v) is 11.3. The number of rotatable bonds is 8. The summed E-state index contributed by atoms with van der Waals surface area (Å²) in [6.45, 7) is 3.13. The number of aromatic nitrogens is 2. The van der Waals surface area contributed by atoms with Crippen LogP contribution in [0.15, 0.2) is 47.4 Å². The average molecular weight is 516 g/mol. The second-order valence-electron chi connectivity index (χ2n) is 8.57. The van der Waals surface area contributed by atoms with Crippen LogP contribution >= 0.6 is 0 Å². The normalized spacial score (nSPS) is 23.5. The molecule has 14 nitrogen and oxygen atoms in total. The van der Waals surface area contributed by atoms with Crippen LogP contribution in [0.1, 0.15) is 30.4 Å². The average Bonchev–Trinajstić information content (AvgIpc) is 3.22. The summed E-state index contributed by atoms with van der Waals surface area (Å²) in [7, 11) is 0. The third-order valence-electron chi connectivity index (χ3n) is 5.68. The van der Waals surface area contributed by atoms with E-state index in [0.29, 0.717) is 5.56 Å². The van der Waals surface area contributed by atoms with Gasteiger partial charge in [-0.05, 0) is 18.1 Å². The van der Waals surface area contributed by atoms with E-state index in [1.807, 2.05) is 0 Å². The summed E-state index contributed by atoms with van der Waals surface area (Å²) in [5, 5.41) is 0. The van der Waals surface area contributed by atoms with Gasteiger partial charge in [0.05, 0.1) is 5.56 Å². The molecule has 196 valence electrons. The third-order valence-corrected chi connectivity index (χ3v) is 5.68. The van der Waals surface area contributed by atoms with Gasteiger partial charge in [0.25, 0.3) is 0 Å². The molecule has 0 bridgehead atoms. The maximum absolute atomic E-state index is 12.7. The number of carbonyl (C=O) groups is 4. The Bertz CT molecular complexity index is 1250. The number of ether oxygens (including phenoxy) is 4. The predicted molar refractivity (Wildman–Crippen MR) is 121 cm³/mol. The highest BCUT2D eigenvalue weighted by atomic mass is 16.7. The van der Waals surface area contributed by atoms with Crippen LogP contribution in [0.2, 0.25) is 0 Å². The van der Waals surface area contributed by atoms with Gasteiger partial charge in [-0.2, -0.15) is 4.98 Å². The van der Waals surface area contributed by atoms with Crippen LogP contribution in [-0.2, 0) is 38.2 Å². The van der Waals surface area contributed by atoms with Crippen molar-refractivity contribution in [3.8, 4) is 0 Å².